The van der Waals surface area contributed by atoms with Crippen molar-refractivity contribution < 1.29 is 19.3 Å². The molecule has 26 heavy (non-hydrogen) atoms. The highest BCUT2D eigenvalue weighted by molar-refractivity contribution is 5.53. The lowest BCUT2D eigenvalue weighted by molar-refractivity contribution is 0.0395. The predicted molar refractivity (Wildman–Crippen MR) is 99.3 cm³/mol. The minimum Gasteiger partial charge on any atom is -0.494 e. The van der Waals surface area contributed by atoms with Gasteiger partial charge < -0.3 is 19.3 Å². The molecule has 1 saturated heterocycles. The van der Waals surface area contributed by atoms with Gasteiger partial charge in [-0.2, -0.15) is 0 Å². The average Bonchev–Trinajstić information content (AvgIpc) is 3.44. The first-order valence-electron chi connectivity index (χ1n) is 8.88. The van der Waals surface area contributed by atoms with Crippen LogP contribution in [0.25, 0.3) is 0 Å². The molecule has 1 saturated carbocycles. The minimum absolute atomic E-state index is 0.00933. The maximum atomic E-state index is 11.0. The molecule has 5 atom stereocenters. The third-order valence-electron chi connectivity index (χ3n) is 5.34. The molecule has 0 bridgehead atoms. The smallest absolute Gasteiger partial charge is 0.153 e. The van der Waals surface area contributed by atoms with Gasteiger partial charge in [0.1, 0.15) is 19.5 Å². The second-order valence-corrected chi connectivity index (χ2v) is 6.77. The van der Waals surface area contributed by atoms with E-state index in [1.807, 2.05) is 12.2 Å². The van der Waals surface area contributed by atoms with Gasteiger partial charge in [-0.25, -0.2) is 0 Å². The normalized spacial score (nSPS) is 35.8. The number of rotatable bonds is 5. The fourth-order valence-corrected chi connectivity index (χ4v) is 4.07. The highest BCUT2D eigenvalue weighted by atomic mass is 16.6. The maximum absolute atomic E-state index is 11.0. The molecule has 0 aromatic heterocycles. The molecule has 0 aromatic rings. The molecule has 1 N–H and O–H groups in total. The fourth-order valence-electron chi connectivity index (χ4n) is 4.07. The fraction of sp³-hybridized carbons (Fsp3) is 0.381. The Hall–Kier alpha value is -2.37. The van der Waals surface area contributed by atoms with Crippen LogP contribution >= 0.6 is 0 Å². The van der Waals surface area contributed by atoms with E-state index in [2.05, 4.69) is 30.4 Å². The molecule has 0 spiro atoms. The van der Waals surface area contributed by atoms with Crippen molar-refractivity contribution in [1.82, 2.24) is 0 Å². The Morgan fingerprint density at radius 3 is 2.88 bits per heavy atom. The molecular formula is C21H23NO4. The van der Waals surface area contributed by atoms with E-state index >= 15 is 0 Å². The lowest BCUT2D eigenvalue weighted by Gasteiger charge is -2.23. The second-order valence-electron chi connectivity index (χ2n) is 6.77. The zero-order valence-electron chi connectivity index (χ0n) is 14.6. The van der Waals surface area contributed by atoms with E-state index < -0.39 is 6.10 Å². The molecular weight excluding hydrogens is 330 g/mol. The first-order chi connectivity index (χ1) is 12.7. The Balaban J connectivity index is 1.59. The van der Waals surface area contributed by atoms with Crippen LogP contribution in [0.15, 0.2) is 76.9 Å². The highest BCUT2D eigenvalue weighted by Gasteiger charge is 2.58. The Kier molecular flexibility index (Phi) is 4.66. The molecule has 5 nitrogen and oxygen atoms in total. The van der Waals surface area contributed by atoms with Gasteiger partial charge in [-0.15, -0.1) is 0 Å². The van der Waals surface area contributed by atoms with Gasteiger partial charge in [-0.05, 0) is 30.0 Å². The van der Waals surface area contributed by atoms with E-state index in [9.17, 15) is 5.11 Å². The van der Waals surface area contributed by atoms with Crippen molar-refractivity contribution in [3.63, 3.8) is 0 Å². The molecule has 136 valence electrons. The summed E-state index contributed by atoms with van der Waals surface area (Å²) in [6.45, 7) is 8.91. The van der Waals surface area contributed by atoms with Crippen molar-refractivity contribution in [2.45, 2.75) is 12.2 Å². The quantitative estimate of drug-likeness (QED) is 0.610. The summed E-state index contributed by atoms with van der Waals surface area (Å²) in [5.41, 5.74) is 3.07. The van der Waals surface area contributed by atoms with Gasteiger partial charge in [0.15, 0.2) is 5.76 Å². The standard InChI is InChI=1S/C21H23NO4/c1-3-4-16(22-2)15-12-26-17-8-6-13(18-19(17)20(18)21(15)23)5-7-14-11-24-9-10-25-14/h3-8,11,15,17,19-21,23H,1-2,9-10,12H2/b7-5-,16-4-. The van der Waals surface area contributed by atoms with Crippen LogP contribution in [0.2, 0.25) is 0 Å². The summed E-state index contributed by atoms with van der Waals surface area (Å²) in [5.74, 6) is 0.819. The van der Waals surface area contributed by atoms with E-state index in [4.69, 9.17) is 14.2 Å². The molecule has 0 amide bonds. The first-order valence-corrected chi connectivity index (χ1v) is 8.88. The summed E-state index contributed by atoms with van der Waals surface area (Å²) in [7, 11) is 0. The molecule has 2 aliphatic carbocycles. The van der Waals surface area contributed by atoms with Crippen LogP contribution in [0.5, 0.6) is 0 Å². The number of aliphatic hydroxyl groups is 1. The highest BCUT2D eigenvalue weighted by Crippen LogP contribution is 2.58. The number of ether oxygens (including phenoxy) is 3. The molecule has 0 radical (unpaired) electrons. The van der Waals surface area contributed by atoms with Crippen LogP contribution < -0.4 is 0 Å². The SMILES string of the molecule is C=C/C=C(\N=C)C1COC2C=CC(/C=C\C3=COCCO3)=C3C2C3C1O. The summed E-state index contributed by atoms with van der Waals surface area (Å²) in [4.78, 5) is 4.07. The lowest BCUT2D eigenvalue weighted by Crippen LogP contribution is -2.27. The number of hydrogen-bond donors (Lipinski definition) is 1. The predicted octanol–water partition coefficient (Wildman–Crippen LogP) is 2.69. The third-order valence-corrected chi connectivity index (χ3v) is 5.34. The average molecular weight is 353 g/mol. The van der Waals surface area contributed by atoms with E-state index in [-0.39, 0.29) is 23.9 Å². The lowest BCUT2D eigenvalue weighted by atomic mass is 9.94. The Bertz CT molecular complexity index is 758. The first kappa shape index (κ1) is 17.1. The summed E-state index contributed by atoms with van der Waals surface area (Å²) >= 11 is 0. The number of nitrogens with zero attached hydrogens (tertiary/aromatic N) is 1. The monoisotopic (exact) mass is 353 g/mol. The van der Waals surface area contributed by atoms with Crippen molar-refractivity contribution in [1.29, 1.82) is 0 Å². The van der Waals surface area contributed by atoms with Gasteiger partial charge >= 0.3 is 0 Å². The molecule has 2 fully saturated rings. The van der Waals surface area contributed by atoms with Crippen LogP contribution in [0, 0.1) is 17.8 Å². The van der Waals surface area contributed by atoms with Gasteiger partial charge in [0.05, 0.1) is 24.7 Å². The van der Waals surface area contributed by atoms with E-state index in [0.717, 1.165) is 11.3 Å². The summed E-state index contributed by atoms with van der Waals surface area (Å²) in [5, 5.41) is 11.0. The van der Waals surface area contributed by atoms with Crippen molar-refractivity contribution in [3.8, 4) is 0 Å². The van der Waals surface area contributed by atoms with Crippen molar-refractivity contribution >= 4 is 6.72 Å². The summed E-state index contributed by atoms with van der Waals surface area (Å²) < 4.78 is 16.9. The Morgan fingerprint density at radius 2 is 2.15 bits per heavy atom. The van der Waals surface area contributed by atoms with Crippen LogP contribution in [0.4, 0.5) is 0 Å². The number of hydrogen-bond acceptors (Lipinski definition) is 5. The molecule has 4 rings (SSSR count). The van der Waals surface area contributed by atoms with E-state index in [1.54, 1.807) is 18.4 Å². The zero-order chi connectivity index (χ0) is 18.1. The van der Waals surface area contributed by atoms with Gasteiger partial charge in [-0.3, -0.25) is 4.99 Å². The van der Waals surface area contributed by atoms with Crippen LogP contribution in [-0.4, -0.2) is 43.9 Å². The topological polar surface area (TPSA) is 60.3 Å². The molecule has 5 heteroatoms. The number of fused-ring (bicyclic) bond motifs is 1. The van der Waals surface area contributed by atoms with Crippen molar-refractivity contribution in [2.24, 2.45) is 22.7 Å². The van der Waals surface area contributed by atoms with E-state index in [0.29, 0.717) is 25.6 Å². The number of allylic oxidation sites excluding steroid dienone is 6. The van der Waals surface area contributed by atoms with Crippen LogP contribution in [0.1, 0.15) is 0 Å². The van der Waals surface area contributed by atoms with Crippen LogP contribution in [0.3, 0.4) is 0 Å². The zero-order valence-corrected chi connectivity index (χ0v) is 14.6. The van der Waals surface area contributed by atoms with E-state index in [1.165, 1.54) is 5.57 Å². The number of aliphatic imine (C=N–C) groups is 1. The largest absolute Gasteiger partial charge is 0.494 e. The second kappa shape index (κ2) is 7.09. The molecule has 0 aromatic carbocycles. The third kappa shape index (κ3) is 2.97. The molecule has 4 aliphatic rings. The molecule has 2 heterocycles. The molecule has 2 aliphatic heterocycles. The minimum atomic E-state index is -0.548. The van der Waals surface area contributed by atoms with Gasteiger partial charge in [-0.1, -0.05) is 30.9 Å². The number of aliphatic hydroxyl groups excluding tert-OH is 1. The van der Waals surface area contributed by atoms with Crippen LogP contribution in [-0.2, 0) is 14.2 Å². The Morgan fingerprint density at radius 1 is 1.27 bits per heavy atom. The summed E-state index contributed by atoms with van der Waals surface area (Å²) in [6.07, 6.45) is 12.6. The van der Waals surface area contributed by atoms with Crippen molar-refractivity contribution in [3.05, 3.63) is 71.9 Å². The van der Waals surface area contributed by atoms with Gasteiger partial charge in [0.25, 0.3) is 0 Å². The van der Waals surface area contributed by atoms with Gasteiger partial charge in [0, 0.05) is 17.5 Å². The maximum Gasteiger partial charge on any atom is 0.153 e. The van der Waals surface area contributed by atoms with Gasteiger partial charge in [0.2, 0.25) is 0 Å². The Labute approximate surface area is 153 Å². The molecule has 5 unspecified atom stereocenters. The van der Waals surface area contributed by atoms with Crippen molar-refractivity contribution in [2.75, 3.05) is 19.8 Å². The summed E-state index contributed by atoms with van der Waals surface area (Å²) in [6, 6.07) is 0.